The van der Waals surface area contributed by atoms with Crippen molar-refractivity contribution in [1.82, 2.24) is 4.98 Å². The van der Waals surface area contributed by atoms with Crippen molar-refractivity contribution >= 4 is 6.29 Å². The summed E-state index contributed by atoms with van der Waals surface area (Å²) in [6.07, 6.45) is 1.72. The van der Waals surface area contributed by atoms with Gasteiger partial charge in [-0.05, 0) is 23.8 Å². The van der Waals surface area contributed by atoms with Gasteiger partial charge in [0.25, 0.3) is 0 Å². The molecule has 0 atom stereocenters. The van der Waals surface area contributed by atoms with E-state index >= 15 is 0 Å². The maximum absolute atomic E-state index is 13.8. The summed E-state index contributed by atoms with van der Waals surface area (Å²) in [7, 11) is 2.94. The number of carbonyl (C=O) groups is 1. The molecule has 0 aliphatic heterocycles. The second-order valence-corrected chi connectivity index (χ2v) is 3.78. The first-order valence-electron chi connectivity index (χ1n) is 5.52. The van der Waals surface area contributed by atoms with Crippen molar-refractivity contribution in [2.24, 2.45) is 0 Å². The number of aldehydes is 1. The number of carbonyl (C=O) groups excluding carboxylic acids is 1. The average Bonchev–Trinajstić information content (AvgIpc) is 2.47. The lowest BCUT2D eigenvalue weighted by Crippen LogP contribution is -1.95. The van der Waals surface area contributed by atoms with Gasteiger partial charge in [-0.2, -0.15) is 0 Å². The van der Waals surface area contributed by atoms with Crippen LogP contribution in [0.5, 0.6) is 11.6 Å². The van der Waals surface area contributed by atoms with Crippen molar-refractivity contribution in [2.75, 3.05) is 14.2 Å². The van der Waals surface area contributed by atoms with Crippen molar-refractivity contribution < 1.29 is 18.7 Å². The maximum atomic E-state index is 13.8. The summed E-state index contributed by atoms with van der Waals surface area (Å²) in [4.78, 5) is 14.9. The number of ether oxygens (including phenoxy) is 2. The molecule has 0 spiro atoms. The summed E-state index contributed by atoms with van der Waals surface area (Å²) < 4.78 is 23.8. The van der Waals surface area contributed by atoms with E-state index in [1.807, 2.05) is 0 Å². The van der Waals surface area contributed by atoms with Crippen LogP contribution in [0.4, 0.5) is 4.39 Å². The molecule has 0 aliphatic carbocycles. The SMILES string of the molecule is COc1ccc(-c2cc(OC)ncc2F)c(C=O)c1. The molecule has 0 bridgehead atoms. The monoisotopic (exact) mass is 261 g/mol. The van der Waals surface area contributed by atoms with Crippen LogP contribution in [-0.4, -0.2) is 25.5 Å². The lowest BCUT2D eigenvalue weighted by Gasteiger charge is -2.09. The van der Waals surface area contributed by atoms with E-state index < -0.39 is 5.82 Å². The van der Waals surface area contributed by atoms with Crippen molar-refractivity contribution in [3.8, 4) is 22.8 Å². The summed E-state index contributed by atoms with van der Waals surface area (Å²) in [5, 5.41) is 0. The molecule has 0 fully saturated rings. The quantitative estimate of drug-likeness (QED) is 0.794. The molecule has 4 nitrogen and oxygen atoms in total. The van der Waals surface area contributed by atoms with E-state index in [1.54, 1.807) is 18.2 Å². The molecule has 1 aromatic heterocycles. The van der Waals surface area contributed by atoms with Crippen LogP contribution in [-0.2, 0) is 0 Å². The summed E-state index contributed by atoms with van der Waals surface area (Å²) in [5.41, 5.74) is 1.07. The van der Waals surface area contributed by atoms with E-state index in [9.17, 15) is 9.18 Å². The highest BCUT2D eigenvalue weighted by Crippen LogP contribution is 2.30. The van der Waals surface area contributed by atoms with Crippen LogP contribution in [0, 0.1) is 5.82 Å². The Kier molecular flexibility index (Phi) is 3.75. The summed E-state index contributed by atoms with van der Waals surface area (Å²) >= 11 is 0. The Bertz CT molecular complexity index is 614. The molecular weight excluding hydrogens is 249 g/mol. The largest absolute Gasteiger partial charge is 0.497 e. The molecule has 0 N–H and O–H groups in total. The van der Waals surface area contributed by atoms with Gasteiger partial charge in [-0.25, -0.2) is 9.37 Å². The molecule has 2 rings (SSSR count). The Morgan fingerprint density at radius 2 is 1.95 bits per heavy atom. The van der Waals surface area contributed by atoms with Gasteiger partial charge in [-0.1, -0.05) is 0 Å². The highest BCUT2D eigenvalue weighted by atomic mass is 19.1. The Morgan fingerprint density at radius 3 is 2.58 bits per heavy atom. The fourth-order valence-electron chi connectivity index (χ4n) is 1.75. The zero-order valence-corrected chi connectivity index (χ0v) is 10.5. The van der Waals surface area contributed by atoms with Gasteiger partial charge in [-0.3, -0.25) is 4.79 Å². The number of aromatic nitrogens is 1. The number of benzene rings is 1. The highest BCUT2D eigenvalue weighted by Gasteiger charge is 2.12. The van der Waals surface area contributed by atoms with Crippen LogP contribution in [0.2, 0.25) is 0 Å². The highest BCUT2D eigenvalue weighted by molar-refractivity contribution is 5.88. The standard InChI is InChI=1S/C14H12FNO3/c1-18-10-3-4-11(9(5-10)8-17)12-6-14(19-2)16-7-13(12)15/h3-8H,1-2H3. The average molecular weight is 261 g/mol. The predicted molar refractivity (Wildman–Crippen MR) is 68.1 cm³/mol. The second-order valence-electron chi connectivity index (χ2n) is 3.78. The fourth-order valence-corrected chi connectivity index (χ4v) is 1.75. The predicted octanol–water partition coefficient (Wildman–Crippen LogP) is 2.72. The third kappa shape index (κ3) is 2.54. The van der Waals surface area contributed by atoms with Crippen LogP contribution in [0.15, 0.2) is 30.5 Å². The zero-order chi connectivity index (χ0) is 13.8. The molecule has 0 saturated heterocycles. The van der Waals surface area contributed by atoms with E-state index in [2.05, 4.69) is 4.98 Å². The molecule has 5 heteroatoms. The maximum Gasteiger partial charge on any atom is 0.213 e. The molecule has 19 heavy (non-hydrogen) atoms. The first-order valence-corrected chi connectivity index (χ1v) is 5.52. The Balaban J connectivity index is 2.60. The van der Waals surface area contributed by atoms with Crippen LogP contribution in [0.3, 0.4) is 0 Å². The molecule has 0 aliphatic rings. The normalized spacial score (nSPS) is 10.1. The Hall–Kier alpha value is -2.43. The summed E-state index contributed by atoms with van der Waals surface area (Å²) in [5.74, 6) is 0.297. The van der Waals surface area contributed by atoms with Crippen LogP contribution in [0.1, 0.15) is 10.4 Å². The van der Waals surface area contributed by atoms with E-state index in [-0.39, 0.29) is 11.4 Å². The smallest absolute Gasteiger partial charge is 0.213 e. The molecule has 98 valence electrons. The van der Waals surface area contributed by atoms with Crippen LogP contribution in [0.25, 0.3) is 11.1 Å². The first-order chi connectivity index (χ1) is 9.19. The number of pyridine rings is 1. The molecule has 1 heterocycles. The minimum absolute atomic E-state index is 0.261. The van der Waals surface area contributed by atoms with Gasteiger partial charge in [0.1, 0.15) is 11.6 Å². The van der Waals surface area contributed by atoms with E-state index in [0.29, 0.717) is 23.2 Å². The third-order valence-corrected chi connectivity index (χ3v) is 2.72. The van der Waals surface area contributed by atoms with E-state index in [0.717, 1.165) is 6.20 Å². The van der Waals surface area contributed by atoms with Gasteiger partial charge in [0.2, 0.25) is 5.88 Å². The Labute approximate surface area is 109 Å². The molecule has 1 aromatic carbocycles. The molecular formula is C14H12FNO3. The van der Waals surface area contributed by atoms with Crippen molar-refractivity contribution in [1.29, 1.82) is 0 Å². The van der Waals surface area contributed by atoms with Crippen molar-refractivity contribution in [2.45, 2.75) is 0 Å². The van der Waals surface area contributed by atoms with E-state index in [4.69, 9.17) is 9.47 Å². The lowest BCUT2D eigenvalue weighted by atomic mass is 10.0. The molecule has 0 unspecified atom stereocenters. The van der Waals surface area contributed by atoms with Gasteiger partial charge in [0.15, 0.2) is 6.29 Å². The number of hydrogen-bond acceptors (Lipinski definition) is 4. The van der Waals surface area contributed by atoms with Gasteiger partial charge in [0, 0.05) is 17.2 Å². The van der Waals surface area contributed by atoms with Gasteiger partial charge >= 0.3 is 0 Å². The van der Waals surface area contributed by atoms with Crippen LogP contribution >= 0.6 is 0 Å². The van der Waals surface area contributed by atoms with Gasteiger partial charge in [-0.15, -0.1) is 0 Å². The minimum Gasteiger partial charge on any atom is -0.497 e. The zero-order valence-electron chi connectivity index (χ0n) is 10.5. The van der Waals surface area contributed by atoms with E-state index in [1.165, 1.54) is 20.3 Å². The second kappa shape index (κ2) is 5.48. The topological polar surface area (TPSA) is 48.4 Å². The molecule has 2 aromatic rings. The van der Waals surface area contributed by atoms with Crippen molar-refractivity contribution in [3.05, 3.63) is 41.8 Å². The summed E-state index contributed by atoms with van der Waals surface area (Å²) in [6.45, 7) is 0. The number of nitrogens with zero attached hydrogens (tertiary/aromatic N) is 1. The summed E-state index contributed by atoms with van der Waals surface area (Å²) in [6, 6.07) is 6.29. The number of methoxy groups -OCH3 is 2. The molecule has 0 saturated carbocycles. The molecule has 0 amide bonds. The first kappa shape index (κ1) is 13.0. The lowest BCUT2D eigenvalue weighted by molar-refractivity contribution is 0.112. The van der Waals surface area contributed by atoms with Crippen molar-refractivity contribution in [3.63, 3.8) is 0 Å². The van der Waals surface area contributed by atoms with Crippen LogP contribution < -0.4 is 9.47 Å². The van der Waals surface area contributed by atoms with Gasteiger partial charge < -0.3 is 9.47 Å². The number of halogens is 1. The third-order valence-electron chi connectivity index (χ3n) is 2.72. The molecule has 0 radical (unpaired) electrons. The Morgan fingerprint density at radius 1 is 1.16 bits per heavy atom. The fraction of sp³-hybridized carbons (Fsp3) is 0.143. The number of hydrogen-bond donors (Lipinski definition) is 0. The van der Waals surface area contributed by atoms with Gasteiger partial charge in [0.05, 0.1) is 20.4 Å². The minimum atomic E-state index is -0.519. The number of rotatable bonds is 4.